The first-order valence-electron chi connectivity index (χ1n) is 5.21. The van der Waals surface area contributed by atoms with Crippen molar-refractivity contribution in [2.75, 3.05) is 17.1 Å². The molecule has 0 saturated heterocycles. The number of nitrogens with zero attached hydrogens (tertiary/aromatic N) is 1. The molecular formula is C10H13BrN2O4S. The fourth-order valence-corrected chi connectivity index (χ4v) is 2.44. The van der Waals surface area contributed by atoms with Crippen molar-refractivity contribution in [3.8, 4) is 0 Å². The van der Waals surface area contributed by atoms with E-state index in [1.807, 2.05) is 0 Å². The average Bonchev–Trinajstić information content (AvgIpc) is 2.26. The number of pyridine rings is 1. The zero-order chi connectivity index (χ0) is 13.6. The Morgan fingerprint density at radius 3 is 2.83 bits per heavy atom. The number of anilines is 1. The molecule has 0 fully saturated rings. The zero-order valence-electron chi connectivity index (χ0n) is 9.72. The fraction of sp³-hybridized carbons (Fsp3) is 0.400. The van der Waals surface area contributed by atoms with E-state index in [1.54, 1.807) is 19.1 Å². The van der Waals surface area contributed by atoms with Crippen LogP contribution in [-0.2, 0) is 19.6 Å². The normalized spacial score (nSPS) is 11.0. The van der Waals surface area contributed by atoms with Crippen LogP contribution in [0.4, 0.5) is 5.82 Å². The summed E-state index contributed by atoms with van der Waals surface area (Å²) in [5.74, 6) is -0.668. The highest BCUT2D eigenvalue weighted by Gasteiger charge is 2.14. The van der Waals surface area contributed by atoms with Gasteiger partial charge in [0.05, 0.1) is 18.8 Å². The molecule has 0 atom stereocenters. The van der Waals surface area contributed by atoms with Crippen LogP contribution in [0.15, 0.2) is 22.8 Å². The van der Waals surface area contributed by atoms with Gasteiger partial charge >= 0.3 is 5.97 Å². The van der Waals surface area contributed by atoms with Crippen molar-refractivity contribution in [3.63, 3.8) is 0 Å². The van der Waals surface area contributed by atoms with E-state index in [1.165, 1.54) is 6.07 Å². The Morgan fingerprint density at radius 1 is 1.50 bits per heavy atom. The maximum Gasteiger partial charge on any atom is 0.306 e. The molecule has 0 amide bonds. The number of hydrogen-bond donors (Lipinski definition) is 1. The van der Waals surface area contributed by atoms with Crippen LogP contribution in [0.1, 0.15) is 13.3 Å². The third-order valence-electron chi connectivity index (χ3n) is 1.86. The van der Waals surface area contributed by atoms with Gasteiger partial charge in [-0.15, -0.1) is 0 Å². The summed E-state index contributed by atoms with van der Waals surface area (Å²) in [6.07, 6.45) is -0.183. The molecule has 0 aromatic carbocycles. The lowest BCUT2D eigenvalue weighted by molar-refractivity contribution is -0.142. The van der Waals surface area contributed by atoms with Gasteiger partial charge in [0, 0.05) is 0 Å². The van der Waals surface area contributed by atoms with E-state index in [4.69, 9.17) is 0 Å². The van der Waals surface area contributed by atoms with Crippen LogP contribution < -0.4 is 4.72 Å². The largest absolute Gasteiger partial charge is 0.466 e. The number of aromatic nitrogens is 1. The molecule has 0 bridgehead atoms. The van der Waals surface area contributed by atoms with Gasteiger partial charge in [-0.3, -0.25) is 9.52 Å². The Morgan fingerprint density at radius 2 is 2.22 bits per heavy atom. The predicted octanol–water partition coefficient (Wildman–Crippen LogP) is 1.54. The molecule has 1 heterocycles. The molecule has 0 aliphatic heterocycles. The van der Waals surface area contributed by atoms with E-state index >= 15 is 0 Å². The van der Waals surface area contributed by atoms with Gasteiger partial charge in [0.25, 0.3) is 0 Å². The van der Waals surface area contributed by atoms with Gasteiger partial charge in [0.15, 0.2) is 0 Å². The van der Waals surface area contributed by atoms with E-state index in [9.17, 15) is 13.2 Å². The number of hydrogen-bond acceptors (Lipinski definition) is 5. The summed E-state index contributed by atoms with van der Waals surface area (Å²) in [6, 6.07) is 4.85. The van der Waals surface area contributed by atoms with Crippen molar-refractivity contribution in [1.82, 2.24) is 4.98 Å². The van der Waals surface area contributed by atoms with Crippen LogP contribution in [0.5, 0.6) is 0 Å². The van der Waals surface area contributed by atoms with Crippen LogP contribution >= 0.6 is 15.9 Å². The molecule has 18 heavy (non-hydrogen) atoms. The lowest BCUT2D eigenvalue weighted by atomic mass is 10.5. The predicted molar refractivity (Wildman–Crippen MR) is 70.6 cm³/mol. The number of carbonyl (C=O) groups excluding carboxylic acids is 1. The molecule has 6 nitrogen and oxygen atoms in total. The van der Waals surface area contributed by atoms with Gasteiger partial charge in [-0.1, -0.05) is 6.07 Å². The number of carbonyl (C=O) groups is 1. The van der Waals surface area contributed by atoms with E-state index in [0.717, 1.165) is 0 Å². The molecule has 1 N–H and O–H groups in total. The molecule has 0 aliphatic carbocycles. The number of esters is 1. The second-order valence-electron chi connectivity index (χ2n) is 3.32. The molecule has 8 heteroatoms. The van der Waals surface area contributed by atoms with Crippen LogP contribution in [-0.4, -0.2) is 31.7 Å². The van der Waals surface area contributed by atoms with Crippen LogP contribution in [0.25, 0.3) is 0 Å². The lowest BCUT2D eigenvalue weighted by Gasteiger charge is -2.07. The Labute approximate surface area is 114 Å². The van der Waals surface area contributed by atoms with Crippen molar-refractivity contribution >= 4 is 37.7 Å². The fourth-order valence-electron chi connectivity index (χ4n) is 1.13. The third-order valence-corrected chi connectivity index (χ3v) is 3.56. The second-order valence-corrected chi connectivity index (χ2v) is 5.98. The maximum absolute atomic E-state index is 11.6. The van der Waals surface area contributed by atoms with Gasteiger partial charge in [-0.05, 0) is 35.0 Å². The minimum absolute atomic E-state index is 0.183. The van der Waals surface area contributed by atoms with Crippen molar-refractivity contribution in [2.24, 2.45) is 0 Å². The summed E-state index contributed by atoms with van der Waals surface area (Å²) in [4.78, 5) is 15.0. The first kappa shape index (κ1) is 14.9. The molecule has 0 unspecified atom stereocenters. The molecule has 0 spiro atoms. The number of nitrogens with one attached hydrogen (secondary N) is 1. The average molecular weight is 337 g/mol. The maximum atomic E-state index is 11.6. The quantitative estimate of drug-likeness (QED) is 0.629. The van der Waals surface area contributed by atoms with Gasteiger partial charge < -0.3 is 4.74 Å². The summed E-state index contributed by atoms with van der Waals surface area (Å²) in [5, 5.41) is 0. The van der Waals surface area contributed by atoms with Crippen LogP contribution in [0.3, 0.4) is 0 Å². The Hall–Kier alpha value is -1.15. The van der Waals surface area contributed by atoms with Crippen molar-refractivity contribution in [2.45, 2.75) is 13.3 Å². The van der Waals surface area contributed by atoms with E-state index < -0.39 is 16.0 Å². The molecule has 100 valence electrons. The third kappa shape index (κ3) is 5.46. The highest BCUT2D eigenvalue weighted by atomic mass is 79.9. The van der Waals surface area contributed by atoms with Gasteiger partial charge in [0.1, 0.15) is 10.4 Å². The Bertz CT molecular complexity index is 518. The van der Waals surface area contributed by atoms with Gasteiger partial charge in [-0.2, -0.15) is 0 Å². The topological polar surface area (TPSA) is 85.4 Å². The first-order chi connectivity index (χ1) is 8.43. The Kier molecular flexibility index (Phi) is 5.54. The highest BCUT2D eigenvalue weighted by molar-refractivity contribution is 9.10. The molecule has 0 saturated carbocycles. The summed E-state index contributed by atoms with van der Waals surface area (Å²) in [5.41, 5.74) is 0. The minimum Gasteiger partial charge on any atom is -0.466 e. The smallest absolute Gasteiger partial charge is 0.306 e. The second kappa shape index (κ2) is 6.69. The minimum atomic E-state index is -3.60. The van der Waals surface area contributed by atoms with E-state index in [0.29, 0.717) is 4.60 Å². The number of halogens is 1. The van der Waals surface area contributed by atoms with Crippen LogP contribution in [0, 0.1) is 0 Å². The van der Waals surface area contributed by atoms with Crippen molar-refractivity contribution < 1.29 is 17.9 Å². The molecule has 1 aromatic heterocycles. The lowest BCUT2D eigenvalue weighted by Crippen LogP contribution is -2.20. The van der Waals surface area contributed by atoms with Crippen molar-refractivity contribution in [1.29, 1.82) is 0 Å². The number of ether oxygens (including phenoxy) is 1. The molecule has 0 aliphatic rings. The molecule has 0 radical (unpaired) electrons. The van der Waals surface area contributed by atoms with E-state index in [-0.39, 0.29) is 24.6 Å². The summed E-state index contributed by atoms with van der Waals surface area (Å²) in [6.45, 7) is 1.90. The molecule has 1 rings (SSSR count). The zero-order valence-corrected chi connectivity index (χ0v) is 12.1. The standard InChI is InChI=1S/C10H13BrN2O4S/c1-2-17-10(14)6-7-18(15,16)13-9-5-3-4-8(11)12-9/h3-5H,2,6-7H2,1H3,(H,12,13). The SMILES string of the molecule is CCOC(=O)CCS(=O)(=O)Nc1cccc(Br)n1. The summed E-state index contributed by atoms with van der Waals surface area (Å²) < 4.78 is 30.7. The van der Waals surface area contributed by atoms with Crippen molar-refractivity contribution in [3.05, 3.63) is 22.8 Å². The highest BCUT2D eigenvalue weighted by Crippen LogP contribution is 2.11. The van der Waals surface area contributed by atoms with Gasteiger partial charge in [0.2, 0.25) is 10.0 Å². The van der Waals surface area contributed by atoms with Gasteiger partial charge in [-0.25, -0.2) is 13.4 Å². The summed E-state index contributed by atoms with van der Waals surface area (Å²) in [7, 11) is -3.60. The molecular weight excluding hydrogens is 324 g/mol. The monoisotopic (exact) mass is 336 g/mol. The van der Waals surface area contributed by atoms with E-state index in [2.05, 4.69) is 30.4 Å². The summed E-state index contributed by atoms with van der Waals surface area (Å²) >= 11 is 3.13. The Balaban J connectivity index is 2.57. The number of sulfonamides is 1. The first-order valence-corrected chi connectivity index (χ1v) is 7.66. The van der Waals surface area contributed by atoms with Crippen LogP contribution in [0.2, 0.25) is 0 Å². The number of rotatable bonds is 6. The molecule has 1 aromatic rings.